The van der Waals surface area contributed by atoms with E-state index in [0.717, 1.165) is 23.4 Å². The molecule has 0 saturated carbocycles. The number of fused-ring (bicyclic) bond motifs is 2. The van der Waals surface area contributed by atoms with Gasteiger partial charge in [-0.25, -0.2) is 0 Å². The van der Waals surface area contributed by atoms with Crippen LogP contribution in [-0.4, -0.2) is 9.97 Å². The van der Waals surface area contributed by atoms with Crippen molar-refractivity contribution in [3.05, 3.63) is 133 Å². The first kappa shape index (κ1) is 19.4. The lowest BCUT2D eigenvalue weighted by molar-refractivity contribution is 1.19. The molecule has 2 nitrogen and oxygen atoms in total. The fourth-order valence-corrected chi connectivity index (χ4v) is 4.62. The summed E-state index contributed by atoms with van der Waals surface area (Å²) in [6.07, 6.45) is 4.60. The zero-order valence-electron chi connectivity index (χ0n) is 18.1. The first-order valence-corrected chi connectivity index (χ1v) is 11.2. The standard InChI is InChI=1S/C31H22N2/c1-4-13-28-24(9-1)15-17-33-31(28)26-11-7-8-22(19-26)18-23-20-25-10-2-3-12-27(25)29(21-23)30-14-5-6-16-32-30/h1-17,19-21H,18H2. The van der Waals surface area contributed by atoms with Crippen molar-refractivity contribution < 1.29 is 0 Å². The van der Waals surface area contributed by atoms with Crippen molar-refractivity contribution >= 4 is 21.5 Å². The maximum Gasteiger partial charge on any atom is 0.0780 e. The van der Waals surface area contributed by atoms with Crippen LogP contribution in [-0.2, 0) is 6.42 Å². The SMILES string of the molecule is c1ccc(-c2cc(Cc3cccc(-c4nccc5ccccc45)c3)cc3ccccc23)nc1. The van der Waals surface area contributed by atoms with Gasteiger partial charge in [-0.15, -0.1) is 0 Å². The molecule has 33 heavy (non-hydrogen) atoms. The van der Waals surface area contributed by atoms with E-state index in [1.54, 1.807) is 0 Å². The van der Waals surface area contributed by atoms with E-state index in [9.17, 15) is 0 Å². The second-order valence-corrected chi connectivity index (χ2v) is 8.34. The topological polar surface area (TPSA) is 25.8 Å². The predicted octanol–water partition coefficient (Wildman–Crippen LogP) is 7.71. The zero-order valence-corrected chi connectivity index (χ0v) is 18.1. The molecule has 4 aromatic carbocycles. The van der Waals surface area contributed by atoms with Crippen LogP contribution in [0.4, 0.5) is 0 Å². The summed E-state index contributed by atoms with van der Waals surface area (Å²) in [6, 6.07) is 38.5. The Bertz CT molecular complexity index is 1580. The Labute approximate surface area is 193 Å². The molecule has 0 aliphatic heterocycles. The fraction of sp³-hybridized carbons (Fsp3) is 0.0323. The maximum atomic E-state index is 4.71. The van der Waals surface area contributed by atoms with Gasteiger partial charge < -0.3 is 0 Å². The lowest BCUT2D eigenvalue weighted by Crippen LogP contribution is -1.93. The van der Waals surface area contributed by atoms with Crippen LogP contribution in [0, 0.1) is 0 Å². The average molecular weight is 423 g/mol. The molecule has 0 atom stereocenters. The van der Waals surface area contributed by atoms with Gasteiger partial charge in [-0.05, 0) is 64.0 Å². The van der Waals surface area contributed by atoms with E-state index >= 15 is 0 Å². The predicted molar refractivity (Wildman–Crippen MR) is 137 cm³/mol. The van der Waals surface area contributed by atoms with Gasteiger partial charge in [0.2, 0.25) is 0 Å². The highest BCUT2D eigenvalue weighted by atomic mass is 14.7. The molecule has 156 valence electrons. The van der Waals surface area contributed by atoms with Crippen molar-refractivity contribution in [1.82, 2.24) is 9.97 Å². The van der Waals surface area contributed by atoms with Crippen molar-refractivity contribution in [1.29, 1.82) is 0 Å². The second kappa shape index (κ2) is 8.33. The zero-order chi connectivity index (χ0) is 22.0. The van der Waals surface area contributed by atoms with E-state index in [1.165, 1.54) is 38.2 Å². The van der Waals surface area contributed by atoms with Gasteiger partial charge in [0.25, 0.3) is 0 Å². The van der Waals surface area contributed by atoms with Gasteiger partial charge in [0, 0.05) is 28.9 Å². The average Bonchev–Trinajstić information content (AvgIpc) is 2.88. The van der Waals surface area contributed by atoms with Crippen molar-refractivity contribution in [2.75, 3.05) is 0 Å². The summed E-state index contributed by atoms with van der Waals surface area (Å²) in [7, 11) is 0. The Morgan fingerprint density at radius 3 is 2.21 bits per heavy atom. The van der Waals surface area contributed by atoms with E-state index < -0.39 is 0 Å². The first-order chi connectivity index (χ1) is 16.3. The molecule has 0 bridgehead atoms. The van der Waals surface area contributed by atoms with Crippen LogP contribution in [0.5, 0.6) is 0 Å². The molecular formula is C31H22N2. The van der Waals surface area contributed by atoms with E-state index in [4.69, 9.17) is 4.98 Å². The second-order valence-electron chi connectivity index (χ2n) is 8.34. The van der Waals surface area contributed by atoms with Crippen molar-refractivity contribution in [3.63, 3.8) is 0 Å². The minimum absolute atomic E-state index is 0.850. The van der Waals surface area contributed by atoms with Crippen LogP contribution >= 0.6 is 0 Å². The molecule has 0 N–H and O–H groups in total. The third kappa shape index (κ3) is 3.77. The molecule has 0 amide bonds. The van der Waals surface area contributed by atoms with Crippen LogP contribution in [0.1, 0.15) is 11.1 Å². The summed E-state index contributed by atoms with van der Waals surface area (Å²) in [5, 5.41) is 4.86. The van der Waals surface area contributed by atoms with Crippen molar-refractivity contribution in [2.45, 2.75) is 6.42 Å². The Morgan fingerprint density at radius 2 is 1.33 bits per heavy atom. The first-order valence-electron chi connectivity index (χ1n) is 11.2. The normalized spacial score (nSPS) is 11.2. The van der Waals surface area contributed by atoms with Gasteiger partial charge in [-0.2, -0.15) is 0 Å². The fourth-order valence-electron chi connectivity index (χ4n) is 4.62. The summed E-state index contributed by atoms with van der Waals surface area (Å²) in [5.74, 6) is 0. The monoisotopic (exact) mass is 422 g/mol. The molecule has 0 radical (unpaired) electrons. The highest BCUT2D eigenvalue weighted by molar-refractivity contribution is 5.97. The summed E-state index contributed by atoms with van der Waals surface area (Å²) < 4.78 is 0. The minimum atomic E-state index is 0.850. The minimum Gasteiger partial charge on any atom is -0.256 e. The largest absolute Gasteiger partial charge is 0.256 e. The van der Waals surface area contributed by atoms with Gasteiger partial charge >= 0.3 is 0 Å². The Hall–Kier alpha value is -4.30. The summed E-state index contributed by atoms with van der Waals surface area (Å²) in [5.41, 5.74) is 6.90. The summed E-state index contributed by atoms with van der Waals surface area (Å²) in [4.78, 5) is 9.33. The van der Waals surface area contributed by atoms with Gasteiger partial charge in [-0.1, -0.05) is 78.9 Å². The number of hydrogen-bond acceptors (Lipinski definition) is 2. The van der Waals surface area contributed by atoms with Gasteiger partial charge in [-0.3, -0.25) is 9.97 Å². The molecular weight excluding hydrogens is 400 g/mol. The summed E-state index contributed by atoms with van der Waals surface area (Å²) in [6.45, 7) is 0. The number of pyridine rings is 2. The number of nitrogens with zero attached hydrogens (tertiary/aromatic N) is 2. The van der Waals surface area contributed by atoms with Crippen LogP contribution < -0.4 is 0 Å². The van der Waals surface area contributed by atoms with Crippen LogP contribution in [0.3, 0.4) is 0 Å². The third-order valence-corrected chi connectivity index (χ3v) is 6.14. The van der Waals surface area contributed by atoms with Crippen LogP contribution in [0.15, 0.2) is 122 Å². The lowest BCUT2D eigenvalue weighted by atomic mass is 9.94. The molecule has 0 spiro atoms. The Morgan fingerprint density at radius 1 is 0.515 bits per heavy atom. The molecule has 0 fully saturated rings. The highest BCUT2D eigenvalue weighted by Gasteiger charge is 2.10. The number of rotatable bonds is 4. The van der Waals surface area contributed by atoms with Gasteiger partial charge in [0.05, 0.1) is 11.4 Å². The lowest BCUT2D eigenvalue weighted by Gasteiger charge is -2.12. The molecule has 2 heterocycles. The molecule has 2 aromatic heterocycles. The molecule has 0 saturated heterocycles. The molecule has 6 rings (SSSR count). The number of hydrogen-bond donors (Lipinski definition) is 0. The van der Waals surface area contributed by atoms with E-state index in [-0.39, 0.29) is 0 Å². The smallest absolute Gasteiger partial charge is 0.0780 e. The molecule has 6 aromatic rings. The maximum absolute atomic E-state index is 4.71. The van der Waals surface area contributed by atoms with Crippen LogP contribution in [0.2, 0.25) is 0 Å². The third-order valence-electron chi connectivity index (χ3n) is 6.14. The molecule has 0 aliphatic carbocycles. The van der Waals surface area contributed by atoms with Crippen LogP contribution in [0.25, 0.3) is 44.1 Å². The number of aromatic nitrogens is 2. The van der Waals surface area contributed by atoms with Crippen molar-refractivity contribution in [2.24, 2.45) is 0 Å². The van der Waals surface area contributed by atoms with Gasteiger partial charge in [0.15, 0.2) is 0 Å². The number of benzene rings is 4. The molecule has 2 heteroatoms. The van der Waals surface area contributed by atoms with E-state index in [2.05, 4.69) is 102 Å². The Kier molecular flexibility index (Phi) is 4.89. The summed E-state index contributed by atoms with van der Waals surface area (Å²) >= 11 is 0. The van der Waals surface area contributed by atoms with Crippen molar-refractivity contribution in [3.8, 4) is 22.5 Å². The highest BCUT2D eigenvalue weighted by Crippen LogP contribution is 2.31. The van der Waals surface area contributed by atoms with E-state index in [1.807, 2.05) is 24.5 Å². The van der Waals surface area contributed by atoms with Gasteiger partial charge in [0.1, 0.15) is 0 Å². The molecule has 0 aliphatic rings. The van der Waals surface area contributed by atoms with E-state index in [0.29, 0.717) is 0 Å². The Balaban J connectivity index is 1.43. The molecule has 0 unspecified atom stereocenters. The quantitative estimate of drug-likeness (QED) is 0.291.